The molecule has 1 aliphatic heterocycles. The van der Waals surface area contributed by atoms with Gasteiger partial charge in [0, 0.05) is 25.8 Å². The van der Waals surface area contributed by atoms with Gasteiger partial charge in [-0.05, 0) is 18.2 Å². The molecular formula is C12H19N3O2. The zero-order valence-corrected chi connectivity index (χ0v) is 10.0. The highest BCUT2D eigenvalue weighted by atomic mass is 16.3. The van der Waals surface area contributed by atoms with Crippen molar-refractivity contribution in [2.24, 2.45) is 0 Å². The Labute approximate surface area is 101 Å². The van der Waals surface area contributed by atoms with E-state index in [4.69, 9.17) is 0 Å². The number of β-amino-alcohol motifs (C(OH)–C–C–N with tert-alkyl or cyclic N) is 2. The molecule has 5 nitrogen and oxygen atoms in total. The summed E-state index contributed by atoms with van der Waals surface area (Å²) in [6, 6.07) is 3.94. The molecule has 17 heavy (non-hydrogen) atoms. The number of nitrogens with zero attached hydrogens (tertiary/aromatic N) is 2. The lowest BCUT2D eigenvalue weighted by Gasteiger charge is -2.16. The van der Waals surface area contributed by atoms with E-state index in [2.05, 4.69) is 17.2 Å². The molecule has 1 aromatic rings. The first kappa shape index (κ1) is 12.3. The molecule has 0 radical (unpaired) electrons. The smallest absolute Gasteiger partial charge is 0.128 e. The molecule has 2 rings (SSSR count). The minimum absolute atomic E-state index is 0.445. The van der Waals surface area contributed by atoms with Crippen LogP contribution in [0.15, 0.2) is 18.3 Å². The van der Waals surface area contributed by atoms with Gasteiger partial charge < -0.3 is 20.4 Å². The highest BCUT2D eigenvalue weighted by Crippen LogP contribution is 2.18. The summed E-state index contributed by atoms with van der Waals surface area (Å²) in [5.41, 5.74) is 1.14. The Kier molecular flexibility index (Phi) is 3.93. The Hall–Kier alpha value is -1.17. The summed E-state index contributed by atoms with van der Waals surface area (Å²) < 4.78 is 0. The summed E-state index contributed by atoms with van der Waals surface area (Å²) in [7, 11) is 0. The molecule has 0 bridgehead atoms. The van der Waals surface area contributed by atoms with Crippen LogP contribution in [-0.4, -0.2) is 47.0 Å². The maximum atomic E-state index is 9.47. The van der Waals surface area contributed by atoms with Gasteiger partial charge in [0.05, 0.1) is 12.2 Å². The van der Waals surface area contributed by atoms with E-state index in [9.17, 15) is 10.2 Å². The summed E-state index contributed by atoms with van der Waals surface area (Å²) in [6.45, 7) is 4.71. The lowest BCUT2D eigenvalue weighted by Crippen LogP contribution is -2.22. The van der Waals surface area contributed by atoms with Gasteiger partial charge in [0.1, 0.15) is 5.82 Å². The molecule has 1 aromatic heterocycles. The van der Waals surface area contributed by atoms with E-state index in [0.29, 0.717) is 13.1 Å². The zero-order valence-electron chi connectivity index (χ0n) is 10.0. The second-order valence-corrected chi connectivity index (χ2v) is 4.34. The minimum atomic E-state index is -0.668. The van der Waals surface area contributed by atoms with Crippen molar-refractivity contribution in [2.45, 2.75) is 25.7 Å². The van der Waals surface area contributed by atoms with Crippen molar-refractivity contribution in [1.29, 1.82) is 0 Å². The van der Waals surface area contributed by atoms with Crippen LogP contribution in [0.4, 0.5) is 5.82 Å². The van der Waals surface area contributed by atoms with Crippen molar-refractivity contribution in [1.82, 2.24) is 10.3 Å². The summed E-state index contributed by atoms with van der Waals surface area (Å²) >= 11 is 0. The molecule has 94 valence electrons. The lowest BCUT2D eigenvalue weighted by atomic mass is 10.3. The average Bonchev–Trinajstić information content (AvgIpc) is 2.68. The van der Waals surface area contributed by atoms with Crippen molar-refractivity contribution in [3.63, 3.8) is 0 Å². The predicted molar refractivity (Wildman–Crippen MR) is 65.8 cm³/mol. The van der Waals surface area contributed by atoms with Crippen LogP contribution in [0, 0.1) is 0 Å². The first-order valence-electron chi connectivity index (χ1n) is 5.97. The van der Waals surface area contributed by atoms with E-state index in [-0.39, 0.29) is 0 Å². The van der Waals surface area contributed by atoms with E-state index in [1.807, 2.05) is 23.2 Å². The van der Waals surface area contributed by atoms with Crippen molar-refractivity contribution < 1.29 is 10.2 Å². The van der Waals surface area contributed by atoms with E-state index >= 15 is 0 Å². The quantitative estimate of drug-likeness (QED) is 0.673. The molecule has 2 atom stereocenters. The van der Waals surface area contributed by atoms with Crippen LogP contribution in [-0.2, 0) is 6.54 Å². The Bertz CT molecular complexity index is 345. The van der Waals surface area contributed by atoms with Crippen LogP contribution in [0.2, 0.25) is 0 Å². The fourth-order valence-electron chi connectivity index (χ4n) is 1.93. The van der Waals surface area contributed by atoms with E-state index in [0.717, 1.165) is 24.5 Å². The van der Waals surface area contributed by atoms with Crippen molar-refractivity contribution in [3.05, 3.63) is 23.9 Å². The van der Waals surface area contributed by atoms with Gasteiger partial charge in [0.15, 0.2) is 0 Å². The molecule has 1 aliphatic rings. The summed E-state index contributed by atoms with van der Waals surface area (Å²) in [5.74, 6) is 0.806. The third-order valence-electron chi connectivity index (χ3n) is 2.97. The number of aromatic nitrogens is 1. The Morgan fingerprint density at radius 3 is 2.59 bits per heavy atom. The average molecular weight is 237 g/mol. The highest BCUT2D eigenvalue weighted by Gasteiger charge is 2.30. The summed E-state index contributed by atoms with van der Waals surface area (Å²) in [6.07, 6.45) is 0.492. The van der Waals surface area contributed by atoms with Crippen LogP contribution in [0.5, 0.6) is 0 Å². The number of rotatable bonds is 4. The first-order valence-corrected chi connectivity index (χ1v) is 5.97. The van der Waals surface area contributed by atoms with Crippen LogP contribution >= 0.6 is 0 Å². The van der Waals surface area contributed by atoms with Gasteiger partial charge in [-0.2, -0.15) is 0 Å². The van der Waals surface area contributed by atoms with Crippen molar-refractivity contribution >= 4 is 5.82 Å². The van der Waals surface area contributed by atoms with Crippen molar-refractivity contribution in [2.75, 3.05) is 24.5 Å². The normalized spacial score (nSPS) is 24.3. The maximum absolute atomic E-state index is 9.47. The fourth-order valence-corrected chi connectivity index (χ4v) is 1.93. The summed E-state index contributed by atoms with van der Waals surface area (Å²) in [5, 5.41) is 22.2. The van der Waals surface area contributed by atoms with Gasteiger partial charge in [-0.15, -0.1) is 0 Å². The van der Waals surface area contributed by atoms with Gasteiger partial charge in [-0.1, -0.05) is 13.0 Å². The Morgan fingerprint density at radius 1 is 1.35 bits per heavy atom. The molecule has 0 aliphatic carbocycles. The molecule has 5 heteroatoms. The van der Waals surface area contributed by atoms with Gasteiger partial charge >= 0.3 is 0 Å². The monoisotopic (exact) mass is 237 g/mol. The Morgan fingerprint density at radius 2 is 2.06 bits per heavy atom. The molecule has 0 amide bonds. The number of anilines is 1. The van der Waals surface area contributed by atoms with Crippen molar-refractivity contribution in [3.8, 4) is 0 Å². The van der Waals surface area contributed by atoms with Crippen LogP contribution < -0.4 is 10.2 Å². The predicted octanol–water partition coefficient (Wildman–Crippen LogP) is -0.267. The molecule has 0 aromatic carbocycles. The molecular weight excluding hydrogens is 218 g/mol. The number of pyridine rings is 1. The molecule has 2 unspecified atom stereocenters. The molecule has 1 saturated heterocycles. The topological polar surface area (TPSA) is 68.6 Å². The van der Waals surface area contributed by atoms with Gasteiger partial charge in [0.2, 0.25) is 0 Å². The van der Waals surface area contributed by atoms with Gasteiger partial charge in [-0.25, -0.2) is 4.98 Å². The number of hydrogen-bond donors (Lipinski definition) is 3. The third kappa shape index (κ3) is 2.94. The second kappa shape index (κ2) is 5.44. The van der Waals surface area contributed by atoms with Gasteiger partial charge in [0.25, 0.3) is 0 Å². The third-order valence-corrected chi connectivity index (χ3v) is 2.97. The van der Waals surface area contributed by atoms with E-state index in [1.54, 1.807) is 0 Å². The zero-order chi connectivity index (χ0) is 12.3. The largest absolute Gasteiger partial charge is 0.389 e. The Balaban J connectivity index is 1.98. The lowest BCUT2D eigenvalue weighted by molar-refractivity contribution is 0.0572. The molecule has 3 N–H and O–H groups in total. The van der Waals surface area contributed by atoms with Crippen LogP contribution in [0.3, 0.4) is 0 Å². The first-order chi connectivity index (χ1) is 8.20. The van der Waals surface area contributed by atoms with Crippen LogP contribution in [0.25, 0.3) is 0 Å². The van der Waals surface area contributed by atoms with Gasteiger partial charge in [-0.3, -0.25) is 0 Å². The van der Waals surface area contributed by atoms with Crippen LogP contribution in [0.1, 0.15) is 12.5 Å². The summed E-state index contributed by atoms with van der Waals surface area (Å²) in [4.78, 5) is 6.24. The number of aliphatic hydroxyl groups is 2. The van der Waals surface area contributed by atoms with E-state index < -0.39 is 12.2 Å². The number of hydrogen-bond acceptors (Lipinski definition) is 5. The molecule has 1 fully saturated rings. The molecule has 2 heterocycles. The maximum Gasteiger partial charge on any atom is 0.128 e. The number of aliphatic hydroxyl groups excluding tert-OH is 2. The second-order valence-electron chi connectivity index (χ2n) is 4.34. The SMILES string of the molecule is CCNCc1ccc(N2CC(O)C(O)C2)nc1. The minimum Gasteiger partial charge on any atom is -0.389 e. The molecule has 0 saturated carbocycles. The molecule has 0 spiro atoms. The van der Waals surface area contributed by atoms with E-state index in [1.165, 1.54) is 0 Å². The fraction of sp³-hybridized carbons (Fsp3) is 0.583. The highest BCUT2D eigenvalue weighted by molar-refractivity contribution is 5.41. The number of nitrogens with one attached hydrogen (secondary N) is 1. The standard InChI is InChI=1S/C12H19N3O2/c1-2-13-5-9-3-4-12(14-6-9)15-7-10(16)11(17)8-15/h3-4,6,10-11,13,16-17H,2,5,7-8H2,1H3.